The second kappa shape index (κ2) is 5.33. The molecule has 3 saturated carbocycles. The summed E-state index contributed by atoms with van der Waals surface area (Å²) >= 11 is 0. The summed E-state index contributed by atoms with van der Waals surface area (Å²) in [5.41, 5.74) is 8.74. The third-order valence-electron chi connectivity index (χ3n) is 8.80. The zero-order chi connectivity index (χ0) is 16.4. The first-order valence-corrected chi connectivity index (χ1v) is 9.99. The Balaban J connectivity index is 1.65. The van der Waals surface area contributed by atoms with Crippen molar-refractivity contribution < 1.29 is 5.11 Å². The lowest BCUT2D eigenvalue weighted by molar-refractivity contribution is -0.0626. The van der Waals surface area contributed by atoms with Gasteiger partial charge in [-0.3, -0.25) is 0 Å². The van der Waals surface area contributed by atoms with Crippen LogP contribution in [0.5, 0.6) is 0 Å². The van der Waals surface area contributed by atoms with Crippen LogP contribution in [0.3, 0.4) is 0 Å². The summed E-state index contributed by atoms with van der Waals surface area (Å²) in [6.07, 6.45) is 12.6. The molecule has 0 heterocycles. The highest BCUT2D eigenvalue weighted by atomic mass is 16.3. The fourth-order valence-corrected chi connectivity index (χ4v) is 7.52. The predicted octanol–water partition coefficient (Wildman–Crippen LogP) is 4.27. The molecule has 3 N–H and O–H groups in total. The maximum absolute atomic E-state index is 10.3. The number of aliphatic hydroxyl groups excluding tert-OH is 1. The number of hydrogen-bond donors (Lipinski definition) is 2. The Morgan fingerprint density at radius 1 is 1.13 bits per heavy atom. The highest BCUT2D eigenvalue weighted by Crippen LogP contribution is 2.66. The van der Waals surface area contributed by atoms with Gasteiger partial charge in [-0.1, -0.05) is 25.5 Å². The van der Waals surface area contributed by atoms with E-state index in [0.717, 1.165) is 24.2 Å². The summed E-state index contributed by atoms with van der Waals surface area (Å²) in [7, 11) is 0. The van der Waals surface area contributed by atoms with Crippen LogP contribution >= 0.6 is 0 Å². The van der Waals surface area contributed by atoms with Gasteiger partial charge in [0.05, 0.1) is 6.10 Å². The predicted molar refractivity (Wildman–Crippen MR) is 94.8 cm³/mol. The fourth-order valence-electron chi connectivity index (χ4n) is 7.52. The number of aliphatic hydroxyl groups is 1. The molecule has 3 fully saturated rings. The van der Waals surface area contributed by atoms with E-state index >= 15 is 0 Å². The van der Waals surface area contributed by atoms with Crippen LogP contribution < -0.4 is 5.73 Å². The highest BCUT2D eigenvalue weighted by Gasteiger charge is 2.59. The van der Waals surface area contributed by atoms with Crippen molar-refractivity contribution in [2.75, 3.05) is 0 Å². The van der Waals surface area contributed by atoms with Crippen molar-refractivity contribution in [1.29, 1.82) is 0 Å². The molecule has 0 aliphatic heterocycles. The summed E-state index contributed by atoms with van der Waals surface area (Å²) in [5.74, 6) is 3.05. The summed E-state index contributed by atoms with van der Waals surface area (Å²) in [6, 6.07) is 0.394. The average molecular weight is 318 g/mol. The molecular formula is C21H35NO. The minimum atomic E-state index is -0.139. The first kappa shape index (κ1) is 16.1. The maximum Gasteiger partial charge on any atom is 0.0545 e. The zero-order valence-electron chi connectivity index (χ0n) is 15.2. The molecule has 0 aromatic carbocycles. The third kappa shape index (κ3) is 2.20. The molecule has 2 heteroatoms. The van der Waals surface area contributed by atoms with Gasteiger partial charge in [-0.25, -0.2) is 0 Å². The van der Waals surface area contributed by atoms with Gasteiger partial charge in [0.2, 0.25) is 0 Å². The average Bonchev–Trinajstić information content (AvgIpc) is 2.85. The molecule has 23 heavy (non-hydrogen) atoms. The Hall–Kier alpha value is -0.340. The van der Waals surface area contributed by atoms with Crippen molar-refractivity contribution in [3.05, 3.63) is 11.6 Å². The topological polar surface area (TPSA) is 46.2 Å². The minimum absolute atomic E-state index is 0.139. The second-order valence-electron chi connectivity index (χ2n) is 9.73. The van der Waals surface area contributed by atoms with Crippen molar-refractivity contribution in [2.45, 2.75) is 84.3 Å². The fraction of sp³-hybridized carbons (Fsp3) is 0.905. The molecule has 8 unspecified atom stereocenters. The van der Waals surface area contributed by atoms with Gasteiger partial charge in [0, 0.05) is 6.04 Å². The van der Waals surface area contributed by atoms with Gasteiger partial charge >= 0.3 is 0 Å². The monoisotopic (exact) mass is 317 g/mol. The van der Waals surface area contributed by atoms with Crippen molar-refractivity contribution >= 4 is 0 Å². The quantitative estimate of drug-likeness (QED) is 0.709. The first-order chi connectivity index (χ1) is 10.9. The van der Waals surface area contributed by atoms with Crippen LogP contribution in [-0.4, -0.2) is 17.3 Å². The second-order valence-corrected chi connectivity index (χ2v) is 9.73. The standard InChI is InChI=1S/C21H35NO/c1-13(23)17-6-7-18-16-5-4-14-12-15(22)8-10-20(14,2)19(16)9-11-21(17,18)3/h4,13,15-19,23H,5-12,22H2,1-3H3. The molecule has 0 spiro atoms. The number of allylic oxidation sites excluding steroid dienone is 1. The Kier molecular flexibility index (Phi) is 3.74. The van der Waals surface area contributed by atoms with E-state index < -0.39 is 0 Å². The molecule has 0 radical (unpaired) electrons. The number of nitrogens with two attached hydrogens (primary N) is 1. The Bertz CT molecular complexity index is 512. The Morgan fingerprint density at radius 2 is 1.91 bits per heavy atom. The van der Waals surface area contributed by atoms with E-state index in [-0.39, 0.29) is 6.10 Å². The maximum atomic E-state index is 10.3. The lowest BCUT2D eigenvalue weighted by Gasteiger charge is -2.58. The van der Waals surface area contributed by atoms with Crippen LogP contribution in [0.15, 0.2) is 11.6 Å². The minimum Gasteiger partial charge on any atom is -0.393 e. The molecule has 4 aliphatic carbocycles. The van der Waals surface area contributed by atoms with Crippen LogP contribution in [-0.2, 0) is 0 Å². The molecule has 0 aromatic rings. The normalized spacial score (nSPS) is 53.8. The molecule has 4 aliphatic rings. The van der Waals surface area contributed by atoms with Gasteiger partial charge in [-0.2, -0.15) is 0 Å². The van der Waals surface area contributed by atoms with Gasteiger partial charge in [0.15, 0.2) is 0 Å². The van der Waals surface area contributed by atoms with Crippen molar-refractivity contribution in [1.82, 2.24) is 0 Å². The van der Waals surface area contributed by atoms with E-state index in [1.807, 2.05) is 6.92 Å². The van der Waals surface area contributed by atoms with Gasteiger partial charge in [0.25, 0.3) is 0 Å². The summed E-state index contributed by atoms with van der Waals surface area (Å²) < 4.78 is 0. The SMILES string of the molecule is CC(O)C1CCC2C3CC=C4CC(N)CCC4(C)C3CCC12C. The number of hydrogen-bond acceptors (Lipinski definition) is 2. The lowest BCUT2D eigenvalue weighted by Crippen LogP contribution is -2.51. The molecule has 0 bridgehead atoms. The van der Waals surface area contributed by atoms with Gasteiger partial charge < -0.3 is 10.8 Å². The van der Waals surface area contributed by atoms with Crippen molar-refractivity contribution in [3.63, 3.8) is 0 Å². The van der Waals surface area contributed by atoms with E-state index in [4.69, 9.17) is 5.73 Å². The van der Waals surface area contributed by atoms with E-state index in [9.17, 15) is 5.11 Å². The molecule has 2 nitrogen and oxygen atoms in total. The van der Waals surface area contributed by atoms with Crippen LogP contribution in [0.4, 0.5) is 0 Å². The smallest absolute Gasteiger partial charge is 0.0545 e. The van der Waals surface area contributed by atoms with Gasteiger partial charge in [0.1, 0.15) is 0 Å². The van der Waals surface area contributed by atoms with Crippen molar-refractivity contribution in [3.8, 4) is 0 Å². The molecule has 0 saturated heterocycles. The highest BCUT2D eigenvalue weighted by molar-refractivity contribution is 5.25. The lowest BCUT2D eigenvalue weighted by atomic mass is 9.47. The zero-order valence-corrected chi connectivity index (χ0v) is 15.2. The molecule has 0 amide bonds. The van der Waals surface area contributed by atoms with Crippen LogP contribution in [0.1, 0.15) is 72.1 Å². The number of fused-ring (bicyclic) bond motifs is 5. The molecule has 4 rings (SSSR count). The molecule has 130 valence electrons. The number of rotatable bonds is 1. The summed E-state index contributed by atoms with van der Waals surface area (Å²) in [6.45, 7) is 7.06. The molecular weight excluding hydrogens is 282 g/mol. The van der Waals surface area contributed by atoms with E-state index in [1.54, 1.807) is 5.57 Å². The third-order valence-corrected chi connectivity index (χ3v) is 8.80. The van der Waals surface area contributed by atoms with E-state index in [2.05, 4.69) is 19.9 Å². The van der Waals surface area contributed by atoms with Crippen molar-refractivity contribution in [2.24, 2.45) is 40.2 Å². The van der Waals surface area contributed by atoms with Crippen LogP contribution in [0.2, 0.25) is 0 Å². The van der Waals surface area contributed by atoms with Gasteiger partial charge in [-0.05, 0) is 92.8 Å². The van der Waals surface area contributed by atoms with Crippen LogP contribution in [0, 0.1) is 34.5 Å². The van der Waals surface area contributed by atoms with Gasteiger partial charge in [-0.15, -0.1) is 0 Å². The van der Waals surface area contributed by atoms with E-state index in [1.165, 1.54) is 44.9 Å². The largest absolute Gasteiger partial charge is 0.393 e. The Morgan fingerprint density at radius 3 is 2.65 bits per heavy atom. The summed E-state index contributed by atoms with van der Waals surface area (Å²) in [4.78, 5) is 0. The Labute approximate surface area is 141 Å². The first-order valence-electron chi connectivity index (χ1n) is 9.99. The van der Waals surface area contributed by atoms with E-state index in [0.29, 0.717) is 22.8 Å². The van der Waals surface area contributed by atoms with Crippen LogP contribution in [0.25, 0.3) is 0 Å². The molecule has 8 atom stereocenters. The summed E-state index contributed by atoms with van der Waals surface area (Å²) in [5, 5.41) is 10.3. The molecule has 0 aromatic heterocycles.